The van der Waals surface area contributed by atoms with Crippen molar-refractivity contribution in [3.8, 4) is 0 Å². The van der Waals surface area contributed by atoms with Gasteiger partial charge in [0.25, 0.3) is 5.91 Å². The van der Waals surface area contributed by atoms with E-state index in [2.05, 4.69) is 10.3 Å². The minimum atomic E-state index is -0.145. The Hall–Kier alpha value is -1.62. The molecule has 4 nitrogen and oxygen atoms in total. The molecule has 0 aliphatic carbocycles. The molecule has 0 aliphatic rings. The van der Waals surface area contributed by atoms with Crippen LogP contribution in [0.2, 0.25) is 0 Å². The second-order valence-corrected chi connectivity index (χ2v) is 3.59. The normalized spacial score (nSPS) is 8.89. The quantitative estimate of drug-likeness (QED) is 0.915. The van der Waals surface area contributed by atoms with E-state index in [1.54, 1.807) is 24.5 Å². The third-order valence-electron chi connectivity index (χ3n) is 2.39. The highest BCUT2D eigenvalue weighted by molar-refractivity contribution is 6.04. The lowest BCUT2D eigenvalue weighted by Gasteiger charge is -2.05. The van der Waals surface area contributed by atoms with Gasteiger partial charge < -0.3 is 11.1 Å². The van der Waals surface area contributed by atoms with E-state index in [1.807, 2.05) is 24.3 Å². The molecule has 0 saturated heterocycles. The van der Waals surface area contributed by atoms with Gasteiger partial charge in [0.2, 0.25) is 0 Å². The first kappa shape index (κ1) is 17.4. The zero-order valence-corrected chi connectivity index (χ0v) is 11.7. The molecule has 2 rings (SSSR count). The van der Waals surface area contributed by atoms with Crippen molar-refractivity contribution < 1.29 is 4.79 Å². The SMILES string of the molecule is Cl.Cl.NCc1ccc(NC(=O)c2ccncc2)cc1. The lowest BCUT2D eigenvalue weighted by Crippen LogP contribution is -2.11. The Bertz CT molecular complexity index is 503. The van der Waals surface area contributed by atoms with Crippen LogP contribution in [0.15, 0.2) is 48.8 Å². The summed E-state index contributed by atoms with van der Waals surface area (Å²) >= 11 is 0. The molecule has 1 heterocycles. The van der Waals surface area contributed by atoms with Crippen LogP contribution in [0.4, 0.5) is 5.69 Å². The summed E-state index contributed by atoms with van der Waals surface area (Å²) in [6.45, 7) is 0.499. The number of halogens is 2. The molecule has 19 heavy (non-hydrogen) atoms. The fourth-order valence-electron chi connectivity index (χ4n) is 1.43. The number of hydrogen-bond acceptors (Lipinski definition) is 3. The van der Waals surface area contributed by atoms with Gasteiger partial charge in [-0.25, -0.2) is 0 Å². The van der Waals surface area contributed by atoms with Gasteiger partial charge in [-0.1, -0.05) is 12.1 Å². The summed E-state index contributed by atoms with van der Waals surface area (Å²) in [6, 6.07) is 10.8. The number of carbonyl (C=O) groups excluding carboxylic acids is 1. The predicted molar refractivity (Wildman–Crippen MR) is 81.0 cm³/mol. The number of anilines is 1. The fraction of sp³-hybridized carbons (Fsp3) is 0.0769. The number of benzene rings is 1. The Morgan fingerprint density at radius 1 is 1.05 bits per heavy atom. The van der Waals surface area contributed by atoms with Gasteiger partial charge in [0, 0.05) is 30.2 Å². The van der Waals surface area contributed by atoms with Crippen molar-refractivity contribution >= 4 is 36.4 Å². The van der Waals surface area contributed by atoms with E-state index >= 15 is 0 Å². The molecule has 0 radical (unpaired) electrons. The predicted octanol–water partition coefficient (Wildman–Crippen LogP) is 2.64. The van der Waals surface area contributed by atoms with E-state index in [0.717, 1.165) is 11.3 Å². The summed E-state index contributed by atoms with van der Waals surface area (Å²) in [5, 5.41) is 2.80. The van der Waals surface area contributed by atoms with Gasteiger partial charge in [-0.3, -0.25) is 9.78 Å². The molecule has 0 spiro atoms. The Morgan fingerprint density at radius 3 is 2.16 bits per heavy atom. The number of hydrogen-bond donors (Lipinski definition) is 2. The topological polar surface area (TPSA) is 68.0 Å². The van der Waals surface area contributed by atoms with Gasteiger partial charge in [0.15, 0.2) is 0 Å². The maximum atomic E-state index is 11.8. The van der Waals surface area contributed by atoms with Crippen molar-refractivity contribution in [1.82, 2.24) is 4.98 Å². The highest BCUT2D eigenvalue weighted by atomic mass is 35.5. The average molecular weight is 300 g/mol. The number of aromatic nitrogens is 1. The maximum absolute atomic E-state index is 11.8. The van der Waals surface area contributed by atoms with E-state index in [4.69, 9.17) is 5.73 Å². The van der Waals surface area contributed by atoms with Gasteiger partial charge >= 0.3 is 0 Å². The van der Waals surface area contributed by atoms with Crippen LogP contribution >= 0.6 is 24.8 Å². The van der Waals surface area contributed by atoms with Crippen LogP contribution in [-0.4, -0.2) is 10.9 Å². The standard InChI is InChI=1S/C13H13N3O.2ClH/c14-9-10-1-3-12(4-2-10)16-13(17)11-5-7-15-8-6-11;;/h1-8H,9,14H2,(H,16,17);2*1H. The molecule has 0 aliphatic heterocycles. The minimum absolute atomic E-state index is 0. The van der Waals surface area contributed by atoms with Crippen molar-refractivity contribution in [2.75, 3.05) is 5.32 Å². The zero-order chi connectivity index (χ0) is 12.1. The highest BCUT2D eigenvalue weighted by Gasteiger charge is 2.04. The molecule has 0 saturated carbocycles. The van der Waals surface area contributed by atoms with E-state index in [1.165, 1.54) is 0 Å². The molecule has 2 aromatic rings. The summed E-state index contributed by atoms with van der Waals surface area (Å²) in [5.41, 5.74) is 7.87. The van der Waals surface area contributed by atoms with Gasteiger partial charge in [0.1, 0.15) is 0 Å². The summed E-state index contributed by atoms with van der Waals surface area (Å²) in [6.07, 6.45) is 3.18. The van der Waals surface area contributed by atoms with Crippen LogP contribution in [0.3, 0.4) is 0 Å². The molecule has 3 N–H and O–H groups in total. The Kier molecular flexibility index (Phi) is 7.75. The molecular weight excluding hydrogens is 285 g/mol. The van der Waals surface area contributed by atoms with Crippen LogP contribution in [0.5, 0.6) is 0 Å². The van der Waals surface area contributed by atoms with Crippen LogP contribution in [0, 0.1) is 0 Å². The van der Waals surface area contributed by atoms with Crippen LogP contribution in [0.25, 0.3) is 0 Å². The smallest absolute Gasteiger partial charge is 0.255 e. The van der Waals surface area contributed by atoms with Crippen LogP contribution in [0.1, 0.15) is 15.9 Å². The van der Waals surface area contributed by atoms with Crippen molar-refractivity contribution in [3.05, 3.63) is 59.9 Å². The molecule has 1 amide bonds. The lowest BCUT2D eigenvalue weighted by molar-refractivity contribution is 0.102. The second-order valence-electron chi connectivity index (χ2n) is 3.59. The average Bonchev–Trinajstić information content (AvgIpc) is 2.40. The third-order valence-corrected chi connectivity index (χ3v) is 2.39. The van der Waals surface area contributed by atoms with Gasteiger partial charge in [-0.2, -0.15) is 0 Å². The summed E-state index contributed by atoms with van der Waals surface area (Å²) < 4.78 is 0. The Balaban J connectivity index is 0.00000162. The van der Waals surface area contributed by atoms with Crippen molar-refractivity contribution in [2.24, 2.45) is 5.73 Å². The van der Waals surface area contributed by atoms with E-state index in [-0.39, 0.29) is 30.7 Å². The van der Waals surface area contributed by atoms with E-state index < -0.39 is 0 Å². The third kappa shape index (κ3) is 4.87. The number of nitrogens with two attached hydrogens (primary N) is 1. The molecule has 102 valence electrons. The zero-order valence-electron chi connectivity index (χ0n) is 10.1. The van der Waals surface area contributed by atoms with Gasteiger partial charge in [-0.15, -0.1) is 24.8 Å². The summed E-state index contributed by atoms with van der Waals surface area (Å²) in [4.78, 5) is 15.7. The second kappa shape index (κ2) is 8.48. The number of rotatable bonds is 3. The molecule has 0 unspecified atom stereocenters. The summed E-state index contributed by atoms with van der Waals surface area (Å²) in [7, 11) is 0. The van der Waals surface area contributed by atoms with Gasteiger partial charge in [-0.05, 0) is 29.8 Å². The molecule has 0 atom stereocenters. The fourth-order valence-corrected chi connectivity index (χ4v) is 1.43. The van der Waals surface area contributed by atoms with Crippen molar-refractivity contribution in [3.63, 3.8) is 0 Å². The molecular formula is C13H15Cl2N3O. The number of amides is 1. The highest BCUT2D eigenvalue weighted by Crippen LogP contribution is 2.10. The largest absolute Gasteiger partial charge is 0.326 e. The molecule has 0 fully saturated rings. The lowest BCUT2D eigenvalue weighted by atomic mass is 10.2. The Morgan fingerprint density at radius 2 is 1.63 bits per heavy atom. The number of nitrogens with one attached hydrogen (secondary N) is 1. The van der Waals surface area contributed by atoms with E-state index in [9.17, 15) is 4.79 Å². The molecule has 1 aromatic carbocycles. The summed E-state index contributed by atoms with van der Waals surface area (Å²) in [5.74, 6) is -0.145. The van der Waals surface area contributed by atoms with Crippen molar-refractivity contribution in [1.29, 1.82) is 0 Å². The minimum Gasteiger partial charge on any atom is -0.326 e. The first-order chi connectivity index (χ1) is 8.29. The molecule has 1 aromatic heterocycles. The molecule has 0 bridgehead atoms. The van der Waals surface area contributed by atoms with Crippen LogP contribution < -0.4 is 11.1 Å². The van der Waals surface area contributed by atoms with Crippen LogP contribution in [-0.2, 0) is 6.54 Å². The number of carbonyl (C=O) groups is 1. The molecule has 6 heteroatoms. The Labute approximate surface area is 124 Å². The maximum Gasteiger partial charge on any atom is 0.255 e. The first-order valence-corrected chi connectivity index (χ1v) is 5.30. The number of pyridine rings is 1. The number of nitrogens with zero attached hydrogens (tertiary/aromatic N) is 1. The van der Waals surface area contributed by atoms with Crippen molar-refractivity contribution in [2.45, 2.75) is 6.54 Å². The first-order valence-electron chi connectivity index (χ1n) is 5.30. The van der Waals surface area contributed by atoms with Gasteiger partial charge in [0.05, 0.1) is 0 Å². The monoisotopic (exact) mass is 299 g/mol. The van der Waals surface area contributed by atoms with E-state index in [0.29, 0.717) is 12.1 Å².